The van der Waals surface area contributed by atoms with E-state index < -0.39 is 5.79 Å². The minimum Gasteiger partial charge on any atom is -0.396 e. The number of aliphatic hydroxyl groups excluding tert-OH is 1. The summed E-state index contributed by atoms with van der Waals surface area (Å²) in [6, 6.07) is 0. The van der Waals surface area contributed by atoms with Crippen LogP contribution >= 0.6 is 0 Å². The molecule has 0 aromatic carbocycles. The van der Waals surface area contributed by atoms with Gasteiger partial charge >= 0.3 is 0 Å². The molecule has 3 spiro atoms. The molecule has 0 radical (unpaired) electrons. The Bertz CT molecular complexity index is 714. The summed E-state index contributed by atoms with van der Waals surface area (Å²) < 4.78 is 31.3. The molecule has 6 nitrogen and oxygen atoms in total. The molecule has 1 N–H and O–H groups in total. The molecule has 7 fully saturated rings. The topological polar surface area (TPSA) is 69.7 Å². The predicted octanol–water partition coefficient (Wildman–Crippen LogP) is 2.62. The SMILES string of the molecule is C[C@]12CC[C@H]3[C@@H](C[C@H]4O[C@]45CC4(CC[C@]35CO)OCCO4)[C@@H]1CCC21OCCO1. The van der Waals surface area contributed by atoms with Crippen LogP contribution in [0.4, 0.5) is 0 Å². The normalized spacial score (nSPS) is 56.1. The zero-order valence-corrected chi connectivity index (χ0v) is 17.5. The first kappa shape index (κ1) is 18.3. The molecule has 4 aliphatic carbocycles. The van der Waals surface area contributed by atoms with Crippen molar-refractivity contribution in [3.8, 4) is 0 Å². The summed E-state index contributed by atoms with van der Waals surface area (Å²) in [5, 5.41) is 10.8. The third-order valence-electron chi connectivity index (χ3n) is 10.7. The Labute approximate surface area is 172 Å². The lowest BCUT2D eigenvalue weighted by atomic mass is 9.44. The number of hydrogen-bond acceptors (Lipinski definition) is 6. The van der Waals surface area contributed by atoms with E-state index in [1.807, 2.05) is 0 Å². The van der Waals surface area contributed by atoms with Crippen LogP contribution in [0, 0.1) is 28.6 Å². The summed E-state index contributed by atoms with van der Waals surface area (Å²) in [7, 11) is 0. The number of fused-ring (bicyclic) bond motifs is 5. The molecule has 0 aromatic heterocycles. The maximum atomic E-state index is 10.8. The van der Waals surface area contributed by atoms with Gasteiger partial charge in [-0.05, 0) is 49.9 Å². The van der Waals surface area contributed by atoms with Gasteiger partial charge in [0.25, 0.3) is 0 Å². The van der Waals surface area contributed by atoms with Crippen molar-refractivity contribution in [3.63, 3.8) is 0 Å². The van der Waals surface area contributed by atoms with Gasteiger partial charge in [-0.3, -0.25) is 0 Å². The molecule has 3 heterocycles. The average molecular weight is 407 g/mol. The fraction of sp³-hybridized carbons (Fsp3) is 1.00. The van der Waals surface area contributed by atoms with E-state index in [1.165, 1.54) is 6.42 Å². The number of ether oxygens (including phenoxy) is 5. The summed E-state index contributed by atoms with van der Waals surface area (Å²) >= 11 is 0. The number of epoxide rings is 1. The smallest absolute Gasteiger partial charge is 0.174 e. The maximum Gasteiger partial charge on any atom is 0.174 e. The highest BCUT2D eigenvalue weighted by molar-refractivity contribution is 5.27. The van der Waals surface area contributed by atoms with E-state index in [9.17, 15) is 5.11 Å². The Hall–Kier alpha value is -0.240. The molecule has 162 valence electrons. The Morgan fingerprint density at radius 3 is 2.34 bits per heavy atom. The Kier molecular flexibility index (Phi) is 3.52. The molecule has 6 heteroatoms. The molecule has 0 aromatic rings. The second kappa shape index (κ2) is 5.57. The van der Waals surface area contributed by atoms with E-state index in [1.54, 1.807) is 0 Å². The second-order valence-electron chi connectivity index (χ2n) is 11.2. The summed E-state index contributed by atoms with van der Waals surface area (Å²) in [6.07, 6.45) is 8.43. The molecule has 7 atom stereocenters. The molecule has 0 bridgehead atoms. The van der Waals surface area contributed by atoms with Gasteiger partial charge in [0.05, 0.1) is 39.1 Å². The van der Waals surface area contributed by atoms with Gasteiger partial charge in [-0.25, -0.2) is 0 Å². The van der Waals surface area contributed by atoms with Crippen molar-refractivity contribution in [1.29, 1.82) is 0 Å². The van der Waals surface area contributed by atoms with Gasteiger partial charge < -0.3 is 28.8 Å². The van der Waals surface area contributed by atoms with Gasteiger partial charge in [-0.2, -0.15) is 0 Å². The largest absolute Gasteiger partial charge is 0.396 e. The molecule has 0 unspecified atom stereocenters. The minimum absolute atomic E-state index is 0.0871. The van der Waals surface area contributed by atoms with Crippen LogP contribution in [0.1, 0.15) is 58.3 Å². The summed E-state index contributed by atoms with van der Waals surface area (Å²) in [6.45, 7) is 5.47. The number of aliphatic hydroxyl groups is 1. The van der Waals surface area contributed by atoms with Crippen molar-refractivity contribution in [2.24, 2.45) is 28.6 Å². The fourth-order valence-corrected chi connectivity index (χ4v) is 9.35. The van der Waals surface area contributed by atoms with Crippen LogP contribution in [0.2, 0.25) is 0 Å². The molecule has 29 heavy (non-hydrogen) atoms. The number of hydrogen-bond donors (Lipinski definition) is 1. The highest BCUT2D eigenvalue weighted by atomic mass is 16.7. The fourth-order valence-electron chi connectivity index (χ4n) is 9.35. The first-order chi connectivity index (χ1) is 14.0. The van der Waals surface area contributed by atoms with E-state index in [0.29, 0.717) is 31.0 Å². The zero-order valence-electron chi connectivity index (χ0n) is 17.5. The van der Waals surface area contributed by atoms with Crippen LogP contribution < -0.4 is 0 Å². The van der Waals surface area contributed by atoms with Crippen molar-refractivity contribution in [3.05, 3.63) is 0 Å². The average Bonchev–Trinajstić information content (AvgIpc) is 3.11. The van der Waals surface area contributed by atoms with Gasteiger partial charge in [-0.1, -0.05) is 6.92 Å². The summed E-state index contributed by atoms with van der Waals surface area (Å²) in [4.78, 5) is 0. The Morgan fingerprint density at radius 1 is 0.862 bits per heavy atom. The van der Waals surface area contributed by atoms with Crippen LogP contribution in [0.3, 0.4) is 0 Å². The molecule has 7 aliphatic rings. The lowest BCUT2D eigenvalue weighted by molar-refractivity contribution is -0.259. The first-order valence-corrected chi connectivity index (χ1v) is 11.9. The van der Waals surface area contributed by atoms with Crippen molar-refractivity contribution >= 4 is 0 Å². The molecule has 3 aliphatic heterocycles. The first-order valence-electron chi connectivity index (χ1n) is 11.9. The number of rotatable bonds is 1. The van der Waals surface area contributed by atoms with Crippen molar-refractivity contribution in [2.45, 2.75) is 81.6 Å². The van der Waals surface area contributed by atoms with Gasteiger partial charge in [-0.15, -0.1) is 0 Å². The van der Waals surface area contributed by atoms with Crippen molar-refractivity contribution in [2.75, 3.05) is 33.0 Å². The monoisotopic (exact) mass is 406 g/mol. The third kappa shape index (κ3) is 1.97. The molecule has 4 saturated carbocycles. The van der Waals surface area contributed by atoms with E-state index in [4.69, 9.17) is 23.7 Å². The molecular weight excluding hydrogens is 372 g/mol. The standard InChI is InChI=1S/C23H34O6/c1-19-4-2-17-15(16(19)3-5-23(19)27-10-11-28-23)12-18-22(29-18)13-21(25-8-9-26-21)7-6-20(17,22)14-24/h15-18,24H,2-14H2,1H3/t15-,16-,17-,18+,19-,20-,22+/m0/s1. The van der Waals surface area contributed by atoms with E-state index in [0.717, 1.165) is 58.2 Å². The lowest BCUT2D eigenvalue weighted by Gasteiger charge is -2.61. The van der Waals surface area contributed by atoms with E-state index >= 15 is 0 Å². The van der Waals surface area contributed by atoms with Gasteiger partial charge in [0, 0.05) is 30.1 Å². The molecular formula is C23H34O6. The van der Waals surface area contributed by atoms with Gasteiger partial charge in [0.15, 0.2) is 11.6 Å². The second-order valence-corrected chi connectivity index (χ2v) is 11.2. The predicted molar refractivity (Wildman–Crippen MR) is 102 cm³/mol. The van der Waals surface area contributed by atoms with Gasteiger partial charge in [0.1, 0.15) is 5.60 Å². The van der Waals surface area contributed by atoms with Crippen LogP contribution in [0.25, 0.3) is 0 Å². The quantitative estimate of drug-likeness (QED) is 0.675. The van der Waals surface area contributed by atoms with Gasteiger partial charge in [0.2, 0.25) is 0 Å². The van der Waals surface area contributed by atoms with Crippen LogP contribution in [-0.4, -0.2) is 61.4 Å². The highest BCUT2D eigenvalue weighted by Crippen LogP contribution is 2.76. The van der Waals surface area contributed by atoms with Crippen molar-refractivity contribution < 1.29 is 28.8 Å². The Morgan fingerprint density at radius 2 is 1.59 bits per heavy atom. The van der Waals surface area contributed by atoms with E-state index in [-0.39, 0.29) is 34.9 Å². The Balaban J connectivity index is 1.24. The van der Waals surface area contributed by atoms with Crippen molar-refractivity contribution in [1.82, 2.24) is 0 Å². The molecule has 3 saturated heterocycles. The van der Waals surface area contributed by atoms with Crippen LogP contribution in [-0.2, 0) is 23.7 Å². The van der Waals surface area contributed by atoms with E-state index in [2.05, 4.69) is 6.92 Å². The zero-order chi connectivity index (χ0) is 19.5. The molecule has 0 amide bonds. The lowest BCUT2D eigenvalue weighted by Crippen LogP contribution is -2.64. The van der Waals surface area contributed by atoms with Crippen LogP contribution in [0.5, 0.6) is 0 Å². The minimum atomic E-state index is -0.466. The summed E-state index contributed by atoms with van der Waals surface area (Å²) in [5.74, 6) is 0.871. The maximum absolute atomic E-state index is 10.8. The summed E-state index contributed by atoms with van der Waals surface area (Å²) in [5.41, 5.74) is -0.296. The van der Waals surface area contributed by atoms with Crippen LogP contribution in [0.15, 0.2) is 0 Å². The molecule has 7 rings (SSSR count). The highest BCUT2D eigenvalue weighted by Gasteiger charge is 2.80. The third-order valence-corrected chi connectivity index (χ3v) is 10.7.